The molecule has 1 aromatic carbocycles. The summed E-state index contributed by atoms with van der Waals surface area (Å²) >= 11 is 1.37. The number of rotatable bonds is 5. The largest absolute Gasteiger partial charge is 0.462 e. The average molecular weight is 432 g/mol. The van der Waals surface area contributed by atoms with Gasteiger partial charge < -0.3 is 14.8 Å². The molecule has 2 aliphatic rings. The summed E-state index contributed by atoms with van der Waals surface area (Å²) in [5.41, 5.74) is 1.25. The second-order valence-corrected chi connectivity index (χ2v) is 8.94. The minimum Gasteiger partial charge on any atom is -0.462 e. The van der Waals surface area contributed by atoms with Gasteiger partial charge >= 0.3 is 5.97 Å². The zero-order chi connectivity index (χ0) is 21.1. The van der Waals surface area contributed by atoms with Crippen molar-refractivity contribution < 1.29 is 23.5 Å². The molecule has 0 atom stereocenters. The van der Waals surface area contributed by atoms with Crippen molar-refractivity contribution in [2.45, 2.75) is 57.5 Å². The number of ether oxygens (including phenoxy) is 2. The summed E-state index contributed by atoms with van der Waals surface area (Å²) in [7, 11) is 0. The van der Waals surface area contributed by atoms with E-state index in [1.54, 1.807) is 13.0 Å². The third-order valence-corrected chi connectivity index (χ3v) is 7.17. The van der Waals surface area contributed by atoms with Crippen LogP contribution in [0.5, 0.6) is 0 Å². The SMILES string of the molecule is CCOC(=O)c1c(NC(=O)C2(c3cccc(F)c3)CCCCC2)sc2c1CCOC2. The lowest BCUT2D eigenvalue weighted by Crippen LogP contribution is -2.42. The van der Waals surface area contributed by atoms with Gasteiger partial charge in [0.2, 0.25) is 5.91 Å². The van der Waals surface area contributed by atoms with Gasteiger partial charge in [0.05, 0.1) is 30.8 Å². The van der Waals surface area contributed by atoms with Crippen molar-refractivity contribution in [3.05, 3.63) is 51.7 Å². The molecule has 1 N–H and O–H groups in total. The number of hydrogen-bond acceptors (Lipinski definition) is 5. The maximum Gasteiger partial charge on any atom is 0.341 e. The molecule has 0 unspecified atom stereocenters. The van der Waals surface area contributed by atoms with Crippen molar-refractivity contribution in [3.63, 3.8) is 0 Å². The van der Waals surface area contributed by atoms with E-state index < -0.39 is 11.4 Å². The smallest absolute Gasteiger partial charge is 0.341 e. The number of esters is 1. The van der Waals surface area contributed by atoms with E-state index in [1.165, 1.54) is 23.5 Å². The van der Waals surface area contributed by atoms with Crippen LogP contribution in [0.25, 0.3) is 0 Å². The fraction of sp³-hybridized carbons (Fsp3) is 0.478. The summed E-state index contributed by atoms with van der Waals surface area (Å²) < 4.78 is 24.8. The molecule has 160 valence electrons. The Morgan fingerprint density at radius 3 is 2.80 bits per heavy atom. The topological polar surface area (TPSA) is 64.6 Å². The zero-order valence-electron chi connectivity index (χ0n) is 17.1. The lowest BCUT2D eigenvalue weighted by molar-refractivity contribution is -0.122. The summed E-state index contributed by atoms with van der Waals surface area (Å²) in [5, 5.41) is 3.55. The predicted octanol–water partition coefficient (Wildman–Crippen LogP) is 4.98. The van der Waals surface area contributed by atoms with Crippen molar-refractivity contribution in [2.75, 3.05) is 18.5 Å². The highest BCUT2D eigenvalue weighted by atomic mass is 32.1. The predicted molar refractivity (Wildman–Crippen MR) is 113 cm³/mol. The Labute approximate surface area is 179 Å². The van der Waals surface area contributed by atoms with Crippen LogP contribution in [0.1, 0.15) is 65.4 Å². The Morgan fingerprint density at radius 1 is 1.27 bits per heavy atom. The highest BCUT2D eigenvalue weighted by Gasteiger charge is 2.42. The summed E-state index contributed by atoms with van der Waals surface area (Å²) in [5.74, 6) is -0.949. The van der Waals surface area contributed by atoms with Crippen LogP contribution in [-0.2, 0) is 32.7 Å². The highest BCUT2D eigenvalue weighted by Crippen LogP contribution is 2.43. The van der Waals surface area contributed by atoms with E-state index in [-0.39, 0.29) is 18.3 Å². The average Bonchev–Trinajstić information content (AvgIpc) is 3.12. The summed E-state index contributed by atoms with van der Waals surface area (Å²) in [4.78, 5) is 27.3. The minimum absolute atomic E-state index is 0.183. The molecular weight excluding hydrogens is 405 g/mol. The minimum atomic E-state index is -0.798. The number of nitrogens with one attached hydrogen (secondary N) is 1. The number of fused-ring (bicyclic) bond motifs is 1. The van der Waals surface area contributed by atoms with Crippen molar-refractivity contribution in [1.82, 2.24) is 0 Å². The van der Waals surface area contributed by atoms with E-state index >= 15 is 0 Å². The van der Waals surface area contributed by atoms with E-state index in [0.717, 1.165) is 29.7 Å². The van der Waals surface area contributed by atoms with E-state index in [9.17, 15) is 14.0 Å². The third-order valence-electron chi connectivity index (χ3n) is 6.05. The molecule has 2 heterocycles. The number of thiophene rings is 1. The first-order chi connectivity index (χ1) is 14.5. The molecule has 1 aliphatic carbocycles. The molecule has 4 rings (SSSR count). The summed E-state index contributed by atoms with van der Waals surface area (Å²) in [6.45, 7) is 2.99. The summed E-state index contributed by atoms with van der Waals surface area (Å²) in [6.07, 6.45) is 4.80. The lowest BCUT2D eigenvalue weighted by Gasteiger charge is -2.36. The van der Waals surface area contributed by atoms with Gasteiger partial charge in [0.15, 0.2) is 0 Å². The third kappa shape index (κ3) is 3.88. The van der Waals surface area contributed by atoms with Gasteiger partial charge in [-0.05, 0) is 49.4 Å². The Morgan fingerprint density at radius 2 is 2.07 bits per heavy atom. The van der Waals surface area contributed by atoms with Crippen LogP contribution >= 0.6 is 11.3 Å². The fourth-order valence-corrected chi connectivity index (χ4v) is 5.72. The van der Waals surface area contributed by atoms with E-state index in [0.29, 0.717) is 48.6 Å². The van der Waals surface area contributed by atoms with Gasteiger partial charge in [-0.25, -0.2) is 9.18 Å². The van der Waals surface area contributed by atoms with Crippen LogP contribution in [-0.4, -0.2) is 25.1 Å². The van der Waals surface area contributed by atoms with Crippen LogP contribution in [0.2, 0.25) is 0 Å². The molecule has 1 amide bonds. The Hall–Kier alpha value is -2.25. The van der Waals surface area contributed by atoms with Crippen molar-refractivity contribution in [3.8, 4) is 0 Å². The highest BCUT2D eigenvalue weighted by molar-refractivity contribution is 7.17. The first-order valence-electron chi connectivity index (χ1n) is 10.5. The van der Waals surface area contributed by atoms with Gasteiger partial charge in [0.25, 0.3) is 0 Å². The van der Waals surface area contributed by atoms with Gasteiger partial charge in [0, 0.05) is 4.88 Å². The molecule has 7 heteroatoms. The second-order valence-electron chi connectivity index (χ2n) is 7.84. The Bertz CT molecular complexity index is 949. The first-order valence-corrected chi connectivity index (χ1v) is 11.3. The van der Waals surface area contributed by atoms with Crippen molar-refractivity contribution in [1.29, 1.82) is 0 Å². The Balaban J connectivity index is 1.71. The van der Waals surface area contributed by atoms with E-state index in [1.807, 2.05) is 6.07 Å². The number of anilines is 1. The van der Waals surface area contributed by atoms with Gasteiger partial charge in [-0.1, -0.05) is 31.4 Å². The number of benzene rings is 1. The second kappa shape index (κ2) is 8.86. The molecule has 2 aromatic rings. The molecule has 5 nitrogen and oxygen atoms in total. The monoisotopic (exact) mass is 431 g/mol. The molecule has 0 radical (unpaired) electrons. The lowest BCUT2D eigenvalue weighted by atomic mass is 9.68. The van der Waals surface area contributed by atoms with Crippen molar-refractivity contribution >= 4 is 28.2 Å². The quantitative estimate of drug-likeness (QED) is 0.679. The number of halogens is 1. The number of carbonyl (C=O) groups is 2. The van der Waals surface area contributed by atoms with Gasteiger partial charge in [-0.15, -0.1) is 11.3 Å². The van der Waals surface area contributed by atoms with E-state index in [4.69, 9.17) is 9.47 Å². The van der Waals surface area contributed by atoms with Gasteiger partial charge in [0.1, 0.15) is 10.8 Å². The van der Waals surface area contributed by atoms with Crippen LogP contribution in [0.4, 0.5) is 9.39 Å². The number of carbonyl (C=O) groups excluding carboxylic acids is 2. The molecule has 0 bridgehead atoms. The van der Waals surface area contributed by atoms with Gasteiger partial charge in [-0.2, -0.15) is 0 Å². The molecule has 0 saturated heterocycles. The maximum atomic E-state index is 14.0. The van der Waals surface area contributed by atoms with Crippen LogP contribution < -0.4 is 5.32 Å². The van der Waals surface area contributed by atoms with Crippen LogP contribution in [0.3, 0.4) is 0 Å². The number of amides is 1. The zero-order valence-corrected chi connectivity index (χ0v) is 17.9. The van der Waals surface area contributed by atoms with Crippen molar-refractivity contribution in [2.24, 2.45) is 0 Å². The standard InChI is InChI=1S/C23H26FNO4S/c1-2-29-21(26)19-17-9-12-28-14-18(17)30-20(19)25-22(27)23(10-4-3-5-11-23)15-7-6-8-16(24)13-15/h6-8,13H,2-5,9-12,14H2,1H3,(H,25,27). The van der Waals surface area contributed by atoms with Crippen LogP contribution in [0, 0.1) is 5.82 Å². The molecule has 1 aromatic heterocycles. The van der Waals surface area contributed by atoms with E-state index in [2.05, 4.69) is 5.32 Å². The Kier molecular flexibility index (Phi) is 6.20. The molecular formula is C23H26FNO4S. The molecule has 1 fully saturated rings. The molecule has 1 saturated carbocycles. The normalized spacial score (nSPS) is 17.8. The van der Waals surface area contributed by atoms with Crippen LogP contribution in [0.15, 0.2) is 24.3 Å². The maximum absolute atomic E-state index is 14.0. The first kappa shape index (κ1) is 21.0. The molecule has 0 spiro atoms. The molecule has 1 aliphatic heterocycles. The fourth-order valence-electron chi connectivity index (χ4n) is 4.55. The molecule has 30 heavy (non-hydrogen) atoms. The number of hydrogen-bond donors (Lipinski definition) is 1. The summed E-state index contributed by atoms with van der Waals surface area (Å²) in [6, 6.07) is 6.33. The van der Waals surface area contributed by atoms with Gasteiger partial charge in [-0.3, -0.25) is 4.79 Å².